The average molecular weight is 394 g/mol. The van der Waals surface area contributed by atoms with Crippen molar-refractivity contribution in [1.82, 2.24) is 4.90 Å². The number of benzene rings is 2. The van der Waals surface area contributed by atoms with E-state index in [1.54, 1.807) is 0 Å². The molecule has 0 unspecified atom stereocenters. The maximum absolute atomic E-state index is 10.8. The maximum atomic E-state index is 10.8. The van der Waals surface area contributed by atoms with Crippen molar-refractivity contribution in [2.24, 2.45) is 5.16 Å². The zero-order valence-electron chi connectivity index (χ0n) is 16.4. The molecule has 6 nitrogen and oxygen atoms in total. The second-order valence-corrected chi connectivity index (χ2v) is 7.54. The van der Waals surface area contributed by atoms with Crippen molar-refractivity contribution in [3.8, 4) is 0 Å². The number of hydrogen-bond donors (Lipinski definition) is 1. The van der Waals surface area contributed by atoms with Crippen LogP contribution < -0.4 is 0 Å². The van der Waals surface area contributed by atoms with E-state index < -0.39 is 6.16 Å². The number of nitrogens with zero attached hydrogens (tertiary/aromatic N) is 2. The Morgan fingerprint density at radius 2 is 1.72 bits per heavy atom. The topological polar surface area (TPSA) is 71.4 Å². The van der Waals surface area contributed by atoms with Crippen LogP contribution >= 0.6 is 0 Å². The molecule has 2 aromatic carbocycles. The first-order valence-electron chi connectivity index (χ1n) is 10.2. The number of fused-ring (bicyclic) bond motifs is 2. The summed E-state index contributed by atoms with van der Waals surface area (Å²) < 4.78 is 4.92. The molecule has 1 fully saturated rings. The minimum absolute atomic E-state index is 0.256. The SMILES string of the molecule is O=C(O)O[C@@H]1CCCN(CCON=C2c3ccccc3CCc3ccccc32)C1. The first-order valence-corrected chi connectivity index (χ1v) is 10.2. The molecule has 1 aliphatic carbocycles. The normalized spacial score (nSPS) is 18.9. The van der Waals surface area contributed by atoms with Gasteiger partial charge < -0.3 is 14.7 Å². The molecule has 4 rings (SSSR count). The predicted molar refractivity (Wildman–Crippen MR) is 110 cm³/mol. The Morgan fingerprint density at radius 3 is 2.38 bits per heavy atom. The monoisotopic (exact) mass is 394 g/mol. The second kappa shape index (κ2) is 9.09. The highest BCUT2D eigenvalue weighted by atomic mass is 16.7. The minimum atomic E-state index is -1.20. The largest absolute Gasteiger partial charge is 0.506 e. The first-order chi connectivity index (χ1) is 14.2. The lowest BCUT2D eigenvalue weighted by atomic mass is 9.98. The van der Waals surface area contributed by atoms with Crippen LogP contribution in [0.5, 0.6) is 0 Å². The fourth-order valence-corrected chi connectivity index (χ4v) is 4.19. The molecule has 0 spiro atoms. The molecule has 2 aliphatic rings. The smallest absolute Gasteiger partial charge is 0.450 e. The summed E-state index contributed by atoms with van der Waals surface area (Å²) in [5, 5.41) is 13.4. The predicted octanol–water partition coefficient (Wildman–Crippen LogP) is 3.71. The van der Waals surface area contributed by atoms with E-state index in [1.165, 1.54) is 11.1 Å². The van der Waals surface area contributed by atoms with Gasteiger partial charge in [0.05, 0.1) is 0 Å². The molecule has 0 aromatic heterocycles. The summed E-state index contributed by atoms with van der Waals surface area (Å²) in [5.41, 5.74) is 5.72. The second-order valence-electron chi connectivity index (χ2n) is 7.54. The third-order valence-electron chi connectivity index (χ3n) is 5.59. The van der Waals surface area contributed by atoms with E-state index in [2.05, 4.69) is 46.5 Å². The number of carbonyl (C=O) groups is 1. The summed E-state index contributed by atoms with van der Waals surface area (Å²) in [5.74, 6) is 0. The molecule has 0 bridgehead atoms. The summed E-state index contributed by atoms with van der Waals surface area (Å²) in [6.45, 7) is 2.68. The molecule has 1 saturated heterocycles. The van der Waals surface area contributed by atoms with Gasteiger partial charge in [-0.3, -0.25) is 4.90 Å². The first kappa shape index (κ1) is 19.5. The van der Waals surface area contributed by atoms with Gasteiger partial charge in [0.15, 0.2) is 0 Å². The van der Waals surface area contributed by atoms with Crippen molar-refractivity contribution < 1.29 is 19.5 Å². The van der Waals surface area contributed by atoms with Crippen molar-refractivity contribution in [1.29, 1.82) is 0 Å². The Balaban J connectivity index is 1.44. The highest BCUT2D eigenvalue weighted by Gasteiger charge is 2.23. The summed E-state index contributed by atoms with van der Waals surface area (Å²) in [6, 6.07) is 16.8. The Kier molecular flexibility index (Phi) is 6.10. The minimum Gasteiger partial charge on any atom is -0.450 e. The number of oxime groups is 1. The molecule has 152 valence electrons. The third kappa shape index (κ3) is 4.77. The van der Waals surface area contributed by atoms with Gasteiger partial charge in [0, 0.05) is 24.2 Å². The Bertz CT molecular complexity index is 846. The van der Waals surface area contributed by atoms with Crippen molar-refractivity contribution in [2.45, 2.75) is 31.8 Å². The molecular weight excluding hydrogens is 368 g/mol. The van der Waals surface area contributed by atoms with Gasteiger partial charge in [-0.2, -0.15) is 0 Å². The molecule has 1 heterocycles. The Hall–Kier alpha value is -2.86. The summed E-state index contributed by atoms with van der Waals surface area (Å²) in [7, 11) is 0. The molecule has 1 N–H and O–H groups in total. The van der Waals surface area contributed by atoms with E-state index in [4.69, 9.17) is 14.7 Å². The lowest BCUT2D eigenvalue weighted by Gasteiger charge is -2.31. The van der Waals surface area contributed by atoms with Crippen LogP contribution in [0, 0.1) is 0 Å². The van der Waals surface area contributed by atoms with Crippen LogP contribution in [0.3, 0.4) is 0 Å². The quantitative estimate of drug-likeness (QED) is 0.476. The molecule has 0 radical (unpaired) electrons. The van der Waals surface area contributed by atoms with Crippen LogP contribution in [-0.2, 0) is 22.4 Å². The van der Waals surface area contributed by atoms with Crippen molar-refractivity contribution in [2.75, 3.05) is 26.2 Å². The van der Waals surface area contributed by atoms with Crippen molar-refractivity contribution >= 4 is 11.9 Å². The maximum Gasteiger partial charge on any atom is 0.506 e. The fraction of sp³-hybridized carbons (Fsp3) is 0.391. The van der Waals surface area contributed by atoms with E-state index in [0.717, 1.165) is 49.1 Å². The molecule has 0 saturated carbocycles. The zero-order valence-corrected chi connectivity index (χ0v) is 16.4. The van der Waals surface area contributed by atoms with Gasteiger partial charge in [-0.25, -0.2) is 4.79 Å². The van der Waals surface area contributed by atoms with Crippen molar-refractivity contribution in [3.05, 3.63) is 70.8 Å². The zero-order chi connectivity index (χ0) is 20.1. The lowest BCUT2D eigenvalue weighted by Crippen LogP contribution is -2.41. The number of likely N-dealkylation sites (tertiary alicyclic amines) is 1. The molecule has 2 aromatic rings. The highest BCUT2D eigenvalue weighted by Crippen LogP contribution is 2.25. The van der Waals surface area contributed by atoms with Gasteiger partial charge in [0.2, 0.25) is 0 Å². The summed E-state index contributed by atoms with van der Waals surface area (Å²) in [4.78, 5) is 18.7. The van der Waals surface area contributed by atoms with Crippen LogP contribution in [0.25, 0.3) is 0 Å². The number of carboxylic acid groups (broad SMARTS) is 1. The number of hydrogen-bond acceptors (Lipinski definition) is 5. The van der Waals surface area contributed by atoms with Crippen LogP contribution in [0.4, 0.5) is 4.79 Å². The van der Waals surface area contributed by atoms with E-state index >= 15 is 0 Å². The van der Waals surface area contributed by atoms with E-state index in [9.17, 15) is 4.79 Å². The van der Waals surface area contributed by atoms with Crippen LogP contribution in [-0.4, -0.2) is 54.2 Å². The summed E-state index contributed by atoms with van der Waals surface area (Å²) >= 11 is 0. The van der Waals surface area contributed by atoms with Crippen LogP contribution in [0.1, 0.15) is 35.1 Å². The lowest BCUT2D eigenvalue weighted by molar-refractivity contribution is 0.00612. The molecule has 1 aliphatic heterocycles. The Morgan fingerprint density at radius 1 is 1.07 bits per heavy atom. The van der Waals surface area contributed by atoms with E-state index in [0.29, 0.717) is 19.7 Å². The number of rotatable bonds is 5. The van der Waals surface area contributed by atoms with Gasteiger partial charge in [0.25, 0.3) is 0 Å². The highest BCUT2D eigenvalue weighted by molar-refractivity contribution is 6.14. The van der Waals surface area contributed by atoms with Gasteiger partial charge in [-0.15, -0.1) is 0 Å². The summed E-state index contributed by atoms with van der Waals surface area (Å²) in [6.07, 6.45) is 2.22. The molecule has 29 heavy (non-hydrogen) atoms. The van der Waals surface area contributed by atoms with Gasteiger partial charge in [0.1, 0.15) is 18.4 Å². The molecule has 1 atom stereocenters. The van der Waals surface area contributed by atoms with E-state index in [1.807, 2.05) is 12.1 Å². The van der Waals surface area contributed by atoms with Gasteiger partial charge in [-0.1, -0.05) is 53.7 Å². The van der Waals surface area contributed by atoms with E-state index in [-0.39, 0.29) is 6.10 Å². The number of ether oxygens (including phenoxy) is 1. The third-order valence-corrected chi connectivity index (χ3v) is 5.59. The number of aryl methyl sites for hydroxylation is 2. The standard InChI is InChI=1S/C23H26N2O4/c26-23(27)29-19-8-5-13-25(16-19)14-15-28-24-22-20-9-3-1-6-17(20)11-12-18-7-2-4-10-21(18)22/h1-4,6-7,9-10,19H,5,8,11-16H2,(H,26,27)/t19-/m1/s1. The fourth-order valence-electron chi connectivity index (χ4n) is 4.19. The van der Waals surface area contributed by atoms with Crippen LogP contribution in [0.2, 0.25) is 0 Å². The van der Waals surface area contributed by atoms with Gasteiger partial charge in [-0.05, 0) is 43.4 Å². The molecule has 6 heteroatoms. The van der Waals surface area contributed by atoms with Crippen LogP contribution in [0.15, 0.2) is 53.7 Å². The van der Waals surface area contributed by atoms with Gasteiger partial charge >= 0.3 is 6.16 Å². The number of piperidine rings is 1. The molecule has 0 amide bonds. The molecular formula is C23H26N2O4. The average Bonchev–Trinajstić information content (AvgIpc) is 2.88. The Labute approximate surface area is 170 Å². The van der Waals surface area contributed by atoms with Crippen molar-refractivity contribution in [3.63, 3.8) is 0 Å².